The van der Waals surface area contributed by atoms with Crippen LogP contribution in [0.2, 0.25) is 0 Å². The minimum Gasteiger partial charge on any atom is -0.508 e. The number of aryl methyl sites for hydroxylation is 1. The lowest BCUT2D eigenvalue weighted by molar-refractivity contribution is 0.261. The van der Waals surface area contributed by atoms with Gasteiger partial charge < -0.3 is 10.1 Å². The molecule has 0 amide bonds. The van der Waals surface area contributed by atoms with Gasteiger partial charge in [0.2, 0.25) is 0 Å². The highest BCUT2D eigenvalue weighted by Gasteiger charge is 2.29. The molecule has 1 aliphatic rings. The fourth-order valence-electron chi connectivity index (χ4n) is 4.53. The topological polar surface area (TPSA) is 39.3 Å². The van der Waals surface area contributed by atoms with Crippen molar-refractivity contribution < 1.29 is 5.11 Å². The van der Waals surface area contributed by atoms with Crippen LogP contribution in [0.4, 0.5) is 0 Å². The van der Waals surface area contributed by atoms with Crippen LogP contribution in [0.1, 0.15) is 28.4 Å². The summed E-state index contributed by atoms with van der Waals surface area (Å²) in [7, 11) is 2.15. The molecule has 0 aliphatic carbocycles. The van der Waals surface area contributed by atoms with E-state index in [1.54, 1.807) is 6.07 Å². The van der Waals surface area contributed by atoms with Gasteiger partial charge in [-0.2, -0.15) is 0 Å². The second-order valence-corrected chi connectivity index (χ2v) is 7.88. The predicted octanol–water partition coefficient (Wildman–Crippen LogP) is 5.43. The number of aromatic nitrogens is 1. The van der Waals surface area contributed by atoms with Crippen LogP contribution < -0.4 is 0 Å². The van der Waals surface area contributed by atoms with Crippen LogP contribution in [0.5, 0.6) is 5.75 Å². The van der Waals surface area contributed by atoms with E-state index in [2.05, 4.69) is 72.4 Å². The van der Waals surface area contributed by atoms with Crippen LogP contribution in [0, 0.1) is 6.92 Å². The summed E-state index contributed by atoms with van der Waals surface area (Å²) in [5.41, 5.74) is 8.74. The molecule has 1 unspecified atom stereocenters. The molecule has 0 saturated carbocycles. The summed E-state index contributed by atoms with van der Waals surface area (Å²) in [4.78, 5) is 6.04. The van der Waals surface area contributed by atoms with Crippen LogP contribution >= 0.6 is 0 Å². The van der Waals surface area contributed by atoms with E-state index in [9.17, 15) is 5.11 Å². The van der Waals surface area contributed by atoms with Gasteiger partial charge in [-0.05, 0) is 66.9 Å². The molecular formula is C25H24N2O. The maximum absolute atomic E-state index is 9.97. The van der Waals surface area contributed by atoms with E-state index in [1.807, 2.05) is 12.1 Å². The fourth-order valence-corrected chi connectivity index (χ4v) is 4.53. The average Bonchev–Trinajstić information content (AvgIpc) is 3.05. The zero-order valence-corrected chi connectivity index (χ0v) is 16.2. The molecule has 28 heavy (non-hydrogen) atoms. The smallest absolute Gasteiger partial charge is 0.115 e. The van der Waals surface area contributed by atoms with Crippen LogP contribution in [0.3, 0.4) is 0 Å². The van der Waals surface area contributed by atoms with Crippen molar-refractivity contribution in [2.24, 2.45) is 0 Å². The number of benzene rings is 3. The number of H-pyrrole nitrogens is 1. The third kappa shape index (κ3) is 2.79. The molecule has 5 rings (SSSR count). The van der Waals surface area contributed by atoms with Crippen LogP contribution in [0.25, 0.3) is 22.0 Å². The van der Waals surface area contributed by atoms with E-state index in [0.29, 0.717) is 5.75 Å². The number of aromatic hydroxyl groups is 1. The van der Waals surface area contributed by atoms with Crippen molar-refractivity contribution in [3.05, 3.63) is 89.1 Å². The van der Waals surface area contributed by atoms with Crippen molar-refractivity contribution in [2.45, 2.75) is 19.4 Å². The van der Waals surface area contributed by atoms with E-state index in [0.717, 1.165) is 18.5 Å². The third-order valence-corrected chi connectivity index (χ3v) is 5.91. The first-order chi connectivity index (χ1) is 13.6. The quantitative estimate of drug-likeness (QED) is 0.495. The molecule has 0 radical (unpaired) electrons. The maximum Gasteiger partial charge on any atom is 0.115 e. The van der Waals surface area contributed by atoms with E-state index in [1.165, 1.54) is 38.9 Å². The number of hydrogen-bond acceptors (Lipinski definition) is 2. The first-order valence-electron chi connectivity index (χ1n) is 9.81. The van der Waals surface area contributed by atoms with Gasteiger partial charge >= 0.3 is 0 Å². The summed E-state index contributed by atoms with van der Waals surface area (Å²) in [6.07, 6.45) is 1.03. The van der Waals surface area contributed by atoms with E-state index in [-0.39, 0.29) is 6.04 Å². The van der Waals surface area contributed by atoms with Gasteiger partial charge in [-0.3, -0.25) is 4.90 Å². The molecule has 2 heterocycles. The van der Waals surface area contributed by atoms with Crippen LogP contribution in [0.15, 0.2) is 66.7 Å². The number of hydrogen-bond donors (Lipinski definition) is 2. The highest BCUT2D eigenvalue weighted by Crippen LogP contribution is 2.39. The molecule has 1 aliphatic heterocycles. The summed E-state index contributed by atoms with van der Waals surface area (Å²) in [5, 5.41) is 11.3. The van der Waals surface area contributed by atoms with Crippen LogP contribution in [-0.2, 0) is 6.42 Å². The Kier molecular flexibility index (Phi) is 3.99. The molecule has 2 N–H and O–H groups in total. The molecule has 0 saturated heterocycles. The van der Waals surface area contributed by atoms with Gasteiger partial charge in [0.15, 0.2) is 0 Å². The normalized spacial score (nSPS) is 17.0. The molecular weight excluding hydrogens is 344 g/mol. The minimum atomic E-state index is 0.130. The zero-order chi connectivity index (χ0) is 19.3. The molecule has 1 aromatic heterocycles. The standard InChI is InChI=1S/C25H24N2O/c1-16-5-3-6-17(13-16)18-9-10-23-22(15-18)21-11-12-27(2)25(24(21)26-23)19-7-4-8-20(28)14-19/h3-10,13-15,25-26,28H,11-12H2,1-2H3. The number of fused-ring (bicyclic) bond motifs is 3. The predicted molar refractivity (Wildman–Crippen MR) is 115 cm³/mol. The van der Waals surface area contributed by atoms with E-state index in [4.69, 9.17) is 0 Å². The Morgan fingerprint density at radius 3 is 2.61 bits per heavy atom. The van der Waals surface area contributed by atoms with Crippen molar-refractivity contribution in [3.63, 3.8) is 0 Å². The Labute approximate surface area is 165 Å². The summed E-state index contributed by atoms with van der Waals surface area (Å²) >= 11 is 0. The number of nitrogens with one attached hydrogen (secondary N) is 1. The Balaban J connectivity index is 1.66. The van der Waals surface area contributed by atoms with Gasteiger partial charge in [-0.1, -0.05) is 48.0 Å². The summed E-state index contributed by atoms with van der Waals surface area (Å²) in [5.74, 6) is 0.316. The number of rotatable bonds is 2. The Morgan fingerprint density at radius 1 is 0.964 bits per heavy atom. The van der Waals surface area contributed by atoms with E-state index >= 15 is 0 Å². The van der Waals surface area contributed by atoms with Gasteiger partial charge in [-0.15, -0.1) is 0 Å². The van der Waals surface area contributed by atoms with Gasteiger partial charge in [0, 0.05) is 23.1 Å². The highest BCUT2D eigenvalue weighted by molar-refractivity contribution is 5.89. The minimum absolute atomic E-state index is 0.130. The number of likely N-dealkylation sites (N-methyl/N-ethyl adjacent to an activating group) is 1. The Hall–Kier alpha value is -3.04. The first-order valence-corrected chi connectivity index (χ1v) is 9.81. The first kappa shape index (κ1) is 17.1. The lowest BCUT2D eigenvalue weighted by atomic mass is 9.92. The van der Waals surface area contributed by atoms with E-state index < -0.39 is 0 Å². The molecule has 3 heteroatoms. The number of nitrogens with zero attached hydrogens (tertiary/aromatic N) is 1. The second-order valence-electron chi connectivity index (χ2n) is 7.88. The van der Waals surface area contributed by atoms with Crippen molar-refractivity contribution >= 4 is 10.9 Å². The maximum atomic E-state index is 9.97. The number of phenols is 1. The zero-order valence-electron chi connectivity index (χ0n) is 16.2. The summed E-state index contributed by atoms with van der Waals surface area (Å²) < 4.78 is 0. The number of phenolic OH excluding ortho intramolecular Hbond substituents is 1. The Bertz CT molecular complexity index is 1170. The molecule has 3 aromatic carbocycles. The van der Waals surface area contributed by atoms with Crippen molar-refractivity contribution in [3.8, 4) is 16.9 Å². The SMILES string of the molecule is Cc1cccc(-c2ccc3[nH]c4c(c3c2)CCN(C)C4c2cccc(O)c2)c1. The fraction of sp³-hybridized carbons (Fsp3) is 0.200. The highest BCUT2D eigenvalue weighted by atomic mass is 16.3. The van der Waals surface area contributed by atoms with Gasteiger partial charge in [0.25, 0.3) is 0 Å². The van der Waals surface area contributed by atoms with Gasteiger partial charge in [-0.25, -0.2) is 0 Å². The monoisotopic (exact) mass is 368 g/mol. The van der Waals surface area contributed by atoms with Crippen molar-refractivity contribution in [1.82, 2.24) is 9.88 Å². The largest absolute Gasteiger partial charge is 0.508 e. The number of aromatic amines is 1. The lowest BCUT2D eigenvalue weighted by Gasteiger charge is -2.33. The van der Waals surface area contributed by atoms with Crippen molar-refractivity contribution in [1.29, 1.82) is 0 Å². The van der Waals surface area contributed by atoms with Gasteiger partial charge in [0.1, 0.15) is 5.75 Å². The van der Waals surface area contributed by atoms with Gasteiger partial charge in [0.05, 0.1) is 6.04 Å². The second kappa shape index (κ2) is 6.54. The summed E-state index contributed by atoms with van der Waals surface area (Å²) in [6, 6.07) is 23.1. The molecule has 0 spiro atoms. The third-order valence-electron chi connectivity index (χ3n) is 5.91. The summed E-state index contributed by atoms with van der Waals surface area (Å²) in [6.45, 7) is 3.13. The molecule has 0 bridgehead atoms. The van der Waals surface area contributed by atoms with Crippen molar-refractivity contribution in [2.75, 3.05) is 13.6 Å². The van der Waals surface area contributed by atoms with Crippen LogP contribution in [-0.4, -0.2) is 28.6 Å². The molecule has 4 aromatic rings. The Morgan fingerprint density at radius 2 is 1.79 bits per heavy atom. The molecule has 1 atom stereocenters. The molecule has 0 fully saturated rings. The molecule has 3 nitrogen and oxygen atoms in total. The molecule has 140 valence electrons. The average molecular weight is 368 g/mol. The lowest BCUT2D eigenvalue weighted by Crippen LogP contribution is -2.32.